The molecular weight excluding hydrogens is 480 g/mol. The van der Waals surface area contributed by atoms with E-state index in [1.165, 1.54) is 31.2 Å². The Bertz CT molecular complexity index is 1030. The van der Waals surface area contributed by atoms with Crippen LogP contribution in [0, 0.1) is 11.8 Å². The second kappa shape index (κ2) is 11.9. The van der Waals surface area contributed by atoms with Crippen LogP contribution in [0.2, 0.25) is 0 Å². The average Bonchev–Trinajstić information content (AvgIpc) is 2.93. The molecule has 1 aromatic heterocycles. The van der Waals surface area contributed by atoms with Gasteiger partial charge in [-0.05, 0) is 68.1 Å². The molecule has 0 saturated carbocycles. The van der Waals surface area contributed by atoms with Crippen LogP contribution in [0.1, 0.15) is 57.9 Å². The van der Waals surface area contributed by atoms with Gasteiger partial charge in [-0.1, -0.05) is 44.2 Å². The van der Waals surface area contributed by atoms with Crippen molar-refractivity contribution in [2.75, 3.05) is 61.1 Å². The fourth-order valence-corrected chi connectivity index (χ4v) is 6.45. The Morgan fingerprint density at radius 2 is 1.62 bits per heavy atom. The van der Waals surface area contributed by atoms with Crippen molar-refractivity contribution in [2.24, 2.45) is 11.8 Å². The molecule has 2 aromatic rings. The molecule has 4 heterocycles. The van der Waals surface area contributed by atoms with Crippen LogP contribution in [0.15, 0.2) is 36.4 Å². The van der Waals surface area contributed by atoms with E-state index in [0.29, 0.717) is 22.9 Å². The summed E-state index contributed by atoms with van der Waals surface area (Å²) in [7, 11) is 0. The number of nitrogens with zero attached hydrogens (tertiary/aromatic N) is 4. The van der Waals surface area contributed by atoms with Crippen molar-refractivity contribution in [3.63, 3.8) is 0 Å². The van der Waals surface area contributed by atoms with Gasteiger partial charge in [-0.3, -0.25) is 0 Å². The topological polar surface area (TPSA) is 65.5 Å². The molecule has 0 aliphatic carbocycles. The number of anilines is 3. The molecule has 5 rings (SSSR count). The van der Waals surface area contributed by atoms with Gasteiger partial charge in [0.25, 0.3) is 0 Å². The Morgan fingerprint density at radius 3 is 2.30 bits per heavy atom. The zero-order valence-electron chi connectivity index (χ0n) is 22.4. The van der Waals surface area contributed by atoms with Crippen molar-refractivity contribution in [2.45, 2.75) is 57.8 Å². The zero-order valence-corrected chi connectivity index (χ0v) is 23.2. The number of piperidine rings is 2. The SMILES string of the molecule is CC1CC(C)CN(c2cc(N3CCCCC3)nc(NC(=S)NCC3(c4ccccc4)CCOCC3)n2)C1. The van der Waals surface area contributed by atoms with Gasteiger partial charge >= 0.3 is 0 Å². The summed E-state index contributed by atoms with van der Waals surface area (Å²) in [6.45, 7) is 11.1. The lowest BCUT2D eigenvalue weighted by Crippen LogP contribution is -2.45. The van der Waals surface area contributed by atoms with Gasteiger partial charge in [0, 0.05) is 57.4 Å². The largest absolute Gasteiger partial charge is 0.381 e. The highest BCUT2D eigenvalue weighted by atomic mass is 32.1. The van der Waals surface area contributed by atoms with Crippen molar-refractivity contribution in [3.05, 3.63) is 42.0 Å². The first-order valence-corrected chi connectivity index (χ1v) is 14.5. The standard InChI is InChI=1S/C29H42N6OS/c1-22-17-23(2)20-35(19-22)26-18-25(34-13-7-4-8-14-34)31-27(32-26)33-28(37)30-21-29(11-15-36-16-12-29)24-9-5-3-6-10-24/h3,5-6,9-10,18,22-23H,4,7-8,11-17,19-21H2,1-2H3,(H2,30,31,32,33,37). The molecule has 0 radical (unpaired) electrons. The Labute approximate surface area is 227 Å². The second-order valence-electron chi connectivity index (χ2n) is 11.4. The van der Waals surface area contributed by atoms with Gasteiger partial charge in [-0.25, -0.2) is 0 Å². The Morgan fingerprint density at radius 1 is 0.973 bits per heavy atom. The highest BCUT2D eigenvalue weighted by molar-refractivity contribution is 7.80. The van der Waals surface area contributed by atoms with Crippen molar-refractivity contribution in [1.29, 1.82) is 0 Å². The maximum Gasteiger partial charge on any atom is 0.232 e. The van der Waals surface area contributed by atoms with E-state index in [1.807, 2.05) is 0 Å². The molecule has 7 nitrogen and oxygen atoms in total. The smallest absolute Gasteiger partial charge is 0.232 e. The van der Waals surface area contributed by atoms with Crippen molar-refractivity contribution in [3.8, 4) is 0 Å². The third kappa shape index (κ3) is 6.52. The lowest BCUT2D eigenvalue weighted by atomic mass is 9.74. The van der Waals surface area contributed by atoms with Crippen molar-refractivity contribution in [1.82, 2.24) is 15.3 Å². The lowest BCUT2D eigenvalue weighted by Gasteiger charge is -2.38. The van der Waals surface area contributed by atoms with Crippen molar-refractivity contribution >= 4 is 34.9 Å². The molecule has 0 amide bonds. The molecule has 1 aromatic carbocycles. The number of hydrogen-bond donors (Lipinski definition) is 2. The van der Waals surface area contributed by atoms with E-state index in [-0.39, 0.29) is 5.41 Å². The zero-order chi connectivity index (χ0) is 25.7. The summed E-state index contributed by atoms with van der Waals surface area (Å²) in [5, 5.41) is 7.43. The number of nitrogens with one attached hydrogen (secondary N) is 2. The highest BCUT2D eigenvalue weighted by Gasteiger charge is 2.34. The van der Waals surface area contributed by atoms with Gasteiger partial charge in [-0.15, -0.1) is 0 Å². The maximum atomic E-state index is 5.78. The predicted molar refractivity (Wildman–Crippen MR) is 156 cm³/mol. The minimum absolute atomic E-state index is 0.00694. The van der Waals surface area contributed by atoms with Crippen LogP contribution >= 0.6 is 12.2 Å². The Hall–Kier alpha value is -2.45. The van der Waals surface area contributed by atoms with Gasteiger partial charge in [0.05, 0.1) is 0 Å². The first-order chi connectivity index (χ1) is 18.0. The monoisotopic (exact) mass is 522 g/mol. The van der Waals surface area contributed by atoms with E-state index >= 15 is 0 Å². The lowest BCUT2D eigenvalue weighted by molar-refractivity contribution is 0.0515. The van der Waals surface area contributed by atoms with Gasteiger partial charge in [0.2, 0.25) is 5.95 Å². The minimum Gasteiger partial charge on any atom is -0.381 e. The van der Waals surface area contributed by atoms with Gasteiger partial charge in [0.1, 0.15) is 11.6 Å². The fourth-order valence-electron chi connectivity index (χ4n) is 6.29. The third-order valence-corrected chi connectivity index (χ3v) is 8.47. The van der Waals surface area contributed by atoms with Crippen LogP contribution in [0.5, 0.6) is 0 Å². The molecule has 0 spiro atoms. The van der Waals surface area contributed by atoms with Crippen LogP contribution < -0.4 is 20.4 Å². The molecule has 0 bridgehead atoms. The summed E-state index contributed by atoms with van der Waals surface area (Å²) >= 11 is 5.78. The summed E-state index contributed by atoms with van der Waals surface area (Å²) in [6.07, 6.45) is 6.94. The summed E-state index contributed by atoms with van der Waals surface area (Å²) in [5.74, 6) is 3.91. The van der Waals surface area contributed by atoms with Crippen LogP contribution in [-0.2, 0) is 10.2 Å². The molecule has 3 fully saturated rings. The number of aromatic nitrogens is 2. The first kappa shape index (κ1) is 26.2. The minimum atomic E-state index is 0.00694. The Kier molecular flexibility index (Phi) is 8.45. The fraction of sp³-hybridized carbons (Fsp3) is 0.621. The van der Waals surface area contributed by atoms with Crippen LogP contribution in [0.4, 0.5) is 17.6 Å². The number of hydrogen-bond acceptors (Lipinski definition) is 6. The quantitative estimate of drug-likeness (QED) is 0.515. The molecular formula is C29H42N6OS. The predicted octanol–water partition coefficient (Wildman–Crippen LogP) is 4.98. The second-order valence-corrected chi connectivity index (χ2v) is 11.8. The Balaban J connectivity index is 1.33. The van der Waals surface area contributed by atoms with E-state index in [4.69, 9.17) is 26.9 Å². The molecule has 37 heavy (non-hydrogen) atoms. The van der Waals surface area contributed by atoms with Gasteiger partial charge in [-0.2, -0.15) is 9.97 Å². The van der Waals surface area contributed by atoms with Crippen LogP contribution in [-0.4, -0.2) is 61.0 Å². The molecule has 2 N–H and O–H groups in total. The van der Waals surface area contributed by atoms with E-state index in [9.17, 15) is 0 Å². The van der Waals surface area contributed by atoms with Gasteiger partial charge in [0.15, 0.2) is 5.11 Å². The third-order valence-electron chi connectivity index (χ3n) is 8.22. The summed E-state index contributed by atoms with van der Waals surface area (Å²) < 4.78 is 5.70. The van der Waals surface area contributed by atoms with E-state index < -0.39 is 0 Å². The summed E-state index contributed by atoms with van der Waals surface area (Å²) in [5.41, 5.74) is 1.35. The van der Waals surface area contributed by atoms with E-state index in [2.05, 4.69) is 70.7 Å². The number of thiocarbonyl (C=S) groups is 1. The summed E-state index contributed by atoms with van der Waals surface area (Å²) in [6, 6.07) is 12.9. The summed E-state index contributed by atoms with van der Waals surface area (Å²) in [4.78, 5) is 14.7. The molecule has 2 unspecified atom stereocenters. The molecule has 200 valence electrons. The molecule has 3 aliphatic heterocycles. The molecule has 3 aliphatic rings. The van der Waals surface area contributed by atoms with E-state index in [1.54, 1.807) is 0 Å². The maximum absolute atomic E-state index is 5.78. The number of benzene rings is 1. The number of ether oxygens (including phenoxy) is 1. The van der Waals surface area contributed by atoms with Crippen LogP contribution in [0.25, 0.3) is 0 Å². The average molecular weight is 523 g/mol. The highest BCUT2D eigenvalue weighted by Crippen LogP contribution is 2.34. The normalized spacial score (nSPS) is 23.9. The van der Waals surface area contributed by atoms with Crippen molar-refractivity contribution < 1.29 is 4.74 Å². The molecule has 8 heteroatoms. The first-order valence-electron chi connectivity index (χ1n) is 14.1. The van der Waals surface area contributed by atoms with Crippen LogP contribution in [0.3, 0.4) is 0 Å². The van der Waals surface area contributed by atoms with E-state index in [0.717, 1.165) is 70.4 Å². The molecule has 3 saturated heterocycles. The van der Waals surface area contributed by atoms with Gasteiger partial charge < -0.3 is 25.2 Å². The molecule has 2 atom stereocenters. The number of rotatable bonds is 6.